The number of hydrogen-bond donors (Lipinski definition) is 1. The lowest BCUT2D eigenvalue weighted by Gasteiger charge is -2.05. The Morgan fingerprint density at radius 2 is 2.12 bits per heavy atom. The number of hydrogen-bond acceptors (Lipinski definition) is 2. The number of rotatable bonds is 7. The molecule has 2 nitrogen and oxygen atoms in total. The molecule has 0 aromatic carbocycles. The van der Waals surface area contributed by atoms with Crippen molar-refractivity contribution in [3.63, 3.8) is 0 Å². The molecule has 2 heteroatoms. The number of furan rings is 1. The standard InChI is InChI=1S/C14H23NO/c1-4-9-15-11-12(5-2)10-14-8-7-13(6-3)16-14/h7-8,10,15H,4-6,9,11H2,1-3H3. The lowest BCUT2D eigenvalue weighted by atomic mass is 10.1. The molecule has 0 atom stereocenters. The summed E-state index contributed by atoms with van der Waals surface area (Å²) in [6.07, 6.45) is 5.36. The van der Waals surface area contributed by atoms with Gasteiger partial charge >= 0.3 is 0 Å². The molecule has 1 rings (SSSR count). The van der Waals surface area contributed by atoms with E-state index in [2.05, 4.69) is 38.2 Å². The van der Waals surface area contributed by atoms with Crippen molar-refractivity contribution in [2.45, 2.75) is 40.0 Å². The Hall–Kier alpha value is -1.02. The molecule has 0 aliphatic carbocycles. The topological polar surface area (TPSA) is 25.2 Å². The maximum absolute atomic E-state index is 5.67. The van der Waals surface area contributed by atoms with Crippen molar-refractivity contribution in [1.82, 2.24) is 5.32 Å². The molecular weight excluding hydrogens is 198 g/mol. The van der Waals surface area contributed by atoms with Gasteiger partial charge in [-0.15, -0.1) is 0 Å². The summed E-state index contributed by atoms with van der Waals surface area (Å²) >= 11 is 0. The molecule has 1 N–H and O–H groups in total. The van der Waals surface area contributed by atoms with Crippen molar-refractivity contribution >= 4 is 6.08 Å². The minimum atomic E-state index is 0.962. The van der Waals surface area contributed by atoms with Crippen LogP contribution in [0, 0.1) is 0 Å². The third-order valence-corrected chi connectivity index (χ3v) is 2.61. The van der Waals surface area contributed by atoms with E-state index in [1.165, 1.54) is 12.0 Å². The van der Waals surface area contributed by atoms with Crippen LogP contribution in [0.3, 0.4) is 0 Å². The largest absolute Gasteiger partial charge is 0.462 e. The van der Waals surface area contributed by atoms with Gasteiger partial charge in [-0.1, -0.05) is 26.3 Å². The van der Waals surface area contributed by atoms with Gasteiger partial charge in [-0.25, -0.2) is 0 Å². The third kappa shape index (κ3) is 4.23. The first-order valence-electron chi connectivity index (χ1n) is 6.29. The van der Waals surface area contributed by atoms with Crippen LogP contribution in [0.5, 0.6) is 0 Å². The van der Waals surface area contributed by atoms with Gasteiger partial charge in [0.15, 0.2) is 0 Å². The van der Waals surface area contributed by atoms with Gasteiger partial charge in [-0.05, 0) is 37.6 Å². The summed E-state index contributed by atoms with van der Waals surface area (Å²) < 4.78 is 5.67. The number of aryl methyl sites for hydroxylation is 1. The molecule has 0 unspecified atom stereocenters. The maximum Gasteiger partial charge on any atom is 0.127 e. The second-order valence-electron chi connectivity index (χ2n) is 3.99. The predicted molar refractivity (Wildman–Crippen MR) is 69.5 cm³/mol. The van der Waals surface area contributed by atoms with Crippen LogP contribution in [0.1, 0.15) is 45.1 Å². The molecule has 0 saturated carbocycles. The van der Waals surface area contributed by atoms with E-state index in [-0.39, 0.29) is 0 Å². The molecule has 16 heavy (non-hydrogen) atoms. The summed E-state index contributed by atoms with van der Waals surface area (Å²) in [5, 5.41) is 3.42. The van der Waals surface area contributed by atoms with E-state index < -0.39 is 0 Å². The minimum absolute atomic E-state index is 0.962. The SMILES string of the molecule is CCCNCC(=Cc1ccc(CC)o1)CC. The van der Waals surface area contributed by atoms with Crippen molar-refractivity contribution < 1.29 is 4.42 Å². The van der Waals surface area contributed by atoms with E-state index in [0.717, 1.165) is 37.5 Å². The monoisotopic (exact) mass is 221 g/mol. The van der Waals surface area contributed by atoms with E-state index in [1.54, 1.807) is 0 Å². The van der Waals surface area contributed by atoms with Crippen molar-refractivity contribution in [1.29, 1.82) is 0 Å². The van der Waals surface area contributed by atoms with Gasteiger partial charge in [0.05, 0.1) is 0 Å². The van der Waals surface area contributed by atoms with E-state index in [9.17, 15) is 0 Å². The zero-order chi connectivity index (χ0) is 11.8. The lowest BCUT2D eigenvalue weighted by molar-refractivity contribution is 0.507. The minimum Gasteiger partial charge on any atom is -0.462 e. The van der Waals surface area contributed by atoms with Gasteiger partial charge in [0, 0.05) is 13.0 Å². The first-order valence-corrected chi connectivity index (χ1v) is 6.29. The summed E-state index contributed by atoms with van der Waals surface area (Å²) in [5.74, 6) is 2.04. The van der Waals surface area contributed by atoms with Crippen molar-refractivity contribution in [2.75, 3.05) is 13.1 Å². The molecule has 0 radical (unpaired) electrons. The molecular formula is C14H23NO. The van der Waals surface area contributed by atoms with Crippen LogP contribution in [-0.2, 0) is 6.42 Å². The van der Waals surface area contributed by atoms with Gasteiger partial charge in [0.2, 0.25) is 0 Å². The quantitative estimate of drug-likeness (QED) is 0.711. The van der Waals surface area contributed by atoms with Gasteiger partial charge in [0.25, 0.3) is 0 Å². The first-order chi connectivity index (χ1) is 7.80. The Labute approximate surface area is 98.7 Å². The van der Waals surface area contributed by atoms with Crippen LogP contribution < -0.4 is 5.32 Å². The molecule has 1 heterocycles. The predicted octanol–water partition coefficient (Wildman–Crippen LogP) is 3.64. The Balaban J connectivity index is 2.56. The average Bonchev–Trinajstić information content (AvgIpc) is 2.75. The highest BCUT2D eigenvalue weighted by Crippen LogP contribution is 2.13. The molecule has 0 fully saturated rings. The second-order valence-corrected chi connectivity index (χ2v) is 3.99. The van der Waals surface area contributed by atoms with Gasteiger partial charge in [-0.2, -0.15) is 0 Å². The van der Waals surface area contributed by atoms with Crippen LogP contribution in [0.2, 0.25) is 0 Å². The summed E-state index contributed by atoms with van der Waals surface area (Å²) in [5.41, 5.74) is 1.39. The van der Waals surface area contributed by atoms with E-state index in [0.29, 0.717) is 0 Å². The molecule has 0 bridgehead atoms. The Kier molecular flexibility index (Phi) is 5.94. The second kappa shape index (κ2) is 7.29. The van der Waals surface area contributed by atoms with Crippen molar-refractivity contribution in [3.8, 4) is 0 Å². The zero-order valence-electron chi connectivity index (χ0n) is 10.7. The highest BCUT2D eigenvalue weighted by Gasteiger charge is 1.99. The summed E-state index contributed by atoms with van der Waals surface area (Å²) in [6, 6.07) is 4.10. The van der Waals surface area contributed by atoms with Gasteiger partial charge < -0.3 is 9.73 Å². The molecule has 0 aliphatic rings. The highest BCUT2D eigenvalue weighted by molar-refractivity contribution is 5.48. The van der Waals surface area contributed by atoms with E-state index in [4.69, 9.17) is 4.42 Å². The molecule has 0 amide bonds. The van der Waals surface area contributed by atoms with Crippen molar-refractivity contribution in [3.05, 3.63) is 29.2 Å². The molecule has 90 valence electrons. The normalized spacial score (nSPS) is 12.1. The summed E-state index contributed by atoms with van der Waals surface area (Å²) in [7, 11) is 0. The lowest BCUT2D eigenvalue weighted by Crippen LogP contribution is -2.17. The fraction of sp³-hybridized carbons (Fsp3) is 0.571. The van der Waals surface area contributed by atoms with E-state index in [1.807, 2.05) is 6.07 Å². The van der Waals surface area contributed by atoms with E-state index >= 15 is 0 Å². The summed E-state index contributed by atoms with van der Waals surface area (Å²) in [6.45, 7) is 8.52. The van der Waals surface area contributed by atoms with Crippen LogP contribution in [-0.4, -0.2) is 13.1 Å². The molecule has 1 aromatic rings. The fourth-order valence-electron chi connectivity index (χ4n) is 1.57. The molecule has 0 aliphatic heterocycles. The molecule has 1 aromatic heterocycles. The molecule has 0 spiro atoms. The first kappa shape index (κ1) is 13.0. The third-order valence-electron chi connectivity index (χ3n) is 2.61. The Morgan fingerprint density at radius 1 is 1.31 bits per heavy atom. The Bertz CT molecular complexity index is 325. The smallest absolute Gasteiger partial charge is 0.127 e. The Morgan fingerprint density at radius 3 is 2.69 bits per heavy atom. The van der Waals surface area contributed by atoms with Gasteiger partial charge in [0.1, 0.15) is 11.5 Å². The van der Waals surface area contributed by atoms with Crippen LogP contribution >= 0.6 is 0 Å². The van der Waals surface area contributed by atoms with Crippen LogP contribution in [0.4, 0.5) is 0 Å². The van der Waals surface area contributed by atoms with Gasteiger partial charge in [-0.3, -0.25) is 0 Å². The zero-order valence-corrected chi connectivity index (χ0v) is 10.7. The molecule has 0 saturated heterocycles. The van der Waals surface area contributed by atoms with Crippen LogP contribution in [0.25, 0.3) is 6.08 Å². The van der Waals surface area contributed by atoms with Crippen molar-refractivity contribution in [2.24, 2.45) is 0 Å². The fourth-order valence-corrected chi connectivity index (χ4v) is 1.57. The van der Waals surface area contributed by atoms with Crippen LogP contribution in [0.15, 0.2) is 22.1 Å². The average molecular weight is 221 g/mol. The summed E-state index contributed by atoms with van der Waals surface area (Å²) in [4.78, 5) is 0. The number of nitrogens with one attached hydrogen (secondary N) is 1. The highest BCUT2D eigenvalue weighted by atomic mass is 16.3. The maximum atomic E-state index is 5.67.